The van der Waals surface area contributed by atoms with Crippen molar-refractivity contribution in [2.45, 2.75) is 17.2 Å². The summed E-state index contributed by atoms with van der Waals surface area (Å²) in [5.74, 6) is -1.12. The van der Waals surface area contributed by atoms with E-state index in [1.165, 1.54) is 30.3 Å². The Labute approximate surface area is 132 Å². The van der Waals surface area contributed by atoms with Gasteiger partial charge in [0.05, 0.1) is 15.7 Å². The standard InChI is InChI=1S/C14H12Cl2FNO2S/c15-11-4-5-12(16)13(6-11)21(19,20)8-10-3-1-2-9(7-18)14(10)17/h1-6H,7-8,18H2. The van der Waals surface area contributed by atoms with Gasteiger partial charge in [-0.1, -0.05) is 41.4 Å². The molecule has 2 aromatic carbocycles. The Kier molecular flexibility index (Phi) is 4.88. The van der Waals surface area contributed by atoms with Gasteiger partial charge >= 0.3 is 0 Å². The van der Waals surface area contributed by atoms with Gasteiger partial charge in [0, 0.05) is 22.7 Å². The molecular formula is C14H12Cl2FNO2S. The predicted molar refractivity (Wildman–Crippen MR) is 81.6 cm³/mol. The van der Waals surface area contributed by atoms with Crippen LogP contribution in [-0.2, 0) is 22.1 Å². The van der Waals surface area contributed by atoms with Crippen molar-refractivity contribution in [1.29, 1.82) is 0 Å². The van der Waals surface area contributed by atoms with Crippen LogP contribution < -0.4 is 5.73 Å². The highest BCUT2D eigenvalue weighted by Gasteiger charge is 2.21. The minimum atomic E-state index is -3.81. The summed E-state index contributed by atoms with van der Waals surface area (Å²) < 4.78 is 38.9. The number of benzene rings is 2. The molecule has 0 spiro atoms. The van der Waals surface area contributed by atoms with Gasteiger partial charge in [0.15, 0.2) is 9.84 Å². The molecule has 0 fully saturated rings. The summed E-state index contributed by atoms with van der Waals surface area (Å²) in [6.07, 6.45) is 0. The van der Waals surface area contributed by atoms with Gasteiger partial charge in [-0.25, -0.2) is 12.8 Å². The lowest BCUT2D eigenvalue weighted by molar-refractivity contribution is 0.582. The number of nitrogens with two attached hydrogens (primary N) is 1. The van der Waals surface area contributed by atoms with E-state index >= 15 is 0 Å². The fourth-order valence-electron chi connectivity index (χ4n) is 1.90. The summed E-state index contributed by atoms with van der Waals surface area (Å²) >= 11 is 11.7. The third kappa shape index (κ3) is 3.55. The molecule has 0 unspecified atom stereocenters. The van der Waals surface area contributed by atoms with Crippen molar-refractivity contribution in [2.24, 2.45) is 5.73 Å². The molecule has 0 saturated heterocycles. The fourth-order valence-corrected chi connectivity index (χ4v) is 4.07. The number of sulfone groups is 1. The molecule has 0 aliphatic carbocycles. The lowest BCUT2D eigenvalue weighted by Crippen LogP contribution is -2.09. The molecule has 0 amide bonds. The minimum Gasteiger partial charge on any atom is -0.326 e. The maximum Gasteiger partial charge on any atom is 0.184 e. The number of halogens is 3. The van der Waals surface area contributed by atoms with Crippen LogP contribution in [0.15, 0.2) is 41.3 Å². The second-order valence-corrected chi connectivity index (χ2v) is 7.23. The summed E-state index contributed by atoms with van der Waals surface area (Å²) in [5.41, 5.74) is 5.72. The van der Waals surface area contributed by atoms with Crippen LogP contribution in [0.5, 0.6) is 0 Å². The molecular weight excluding hydrogens is 336 g/mol. The van der Waals surface area contributed by atoms with Crippen LogP contribution in [0.3, 0.4) is 0 Å². The Morgan fingerprint density at radius 2 is 1.76 bits per heavy atom. The first-order valence-corrected chi connectivity index (χ1v) is 8.40. The van der Waals surface area contributed by atoms with Gasteiger partial charge in [0.1, 0.15) is 5.82 Å². The molecule has 112 valence electrons. The SMILES string of the molecule is NCc1cccc(CS(=O)(=O)c2cc(Cl)ccc2Cl)c1F. The lowest BCUT2D eigenvalue weighted by Gasteiger charge is -2.09. The average Bonchev–Trinajstić information content (AvgIpc) is 2.43. The van der Waals surface area contributed by atoms with Gasteiger partial charge in [-0.3, -0.25) is 0 Å². The average molecular weight is 348 g/mol. The molecule has 2 aromatic rings. The largest absolute Gasteiger partial charge is 0.326 e. The smallest absolute Gasteiger partial charge is 0.184 e. The molecule has 2 N–H and O–H groups in total. The van der Waals surface area contributed by atoms with Crippen molar-refractivity contribution in [3.8, 4) is 0 Å². The first-order chi connectivity index (χ1) is 9.85. The first-order valence-electron chi connectivity index (χ1n) is 5.99. The van der Waals surface area contributed by atoms with Crippen LogP contribution >= 0.6 is 23.2 Å². The quantitative estimate of drug-likeness (QED) is 0.919. The highest BCUT2D eigenvalue weighted by molar-refractivity contribution is 7.90. The Balaban J connectivity index is 2.45. The van der Waals surface area contributed by atoms with E-state index in [1.807, 2.05) is 0 Å². The van der Waals surface area contributed by atoms with Gasteiger partial charge in [0.25, 0.3) is 0 Å². The Hall–Kier alpha value is -1.14. The zero-order valence-corrected chi connectivity index (χ0v) is 13.1. The van der Waals surface area contributed by atoms with Crippen LogP contribution in [0.2, 0.25) is 10.0 Å². The first kappa shape index (κ1) is 16.2. The maximum atomic E-state index is 14.1. The molecule has 0 radical (unpaired) electrons. The van der Waals surface area contributed by atoms with Gasteiger partial charge in [0.2, 0.25) is 0 Å². The normalized spacial score (nSPS) is 11.6. The monoisotopic (exact) mass is 347 g/mol. The third-order valence-electron chi connectivity index (χ3n) is 2.95. The molecule has 2 rings (SSSR count). The van der Waals surface area contributed by atoms with E-state index in [1.54, 1.807) is 6.07 Å². The van der Waals surface area contributed by atoms with Crippen molar-refractivity contribution in [3.05, 3.63) is 63.4 Å². The molecule has 0 bridgehead atoms. The summed E-state index contributed by atoms with van der Waals surface area (Å²) in [6.45, 7) is -0.00234. The topological polar surface area (TPSA) is 60.2 Å². The predicted octanol–water partition coefficient (Wildman–Crippen LogP) is 3.57. The van der Waals surface area contributed by atoms with Crippen molar-refractivity contribution in [3.63, 3.8) is 0 Å². The third-order valence-corrected chi connectivity index (χ3v) is 5.33. The number of hydrogen-bond acceptors (Lipinski definition) is 3. The van der Waals surface area contributed by atoms with E-state index in [4.69, 9.17) is 28.9 Å². The molecule has 3 nitrogen and oxygen atoms in total. The van der Waals surface area contributed by atoms with Gasteiger partial charge in [-0.15, -0.1) is 0 Å². The molecule has 0 atom stereocenters. The van der Waals surface area contributed by atoms with Crippen LogP contribution in [-0.4, -0.2) is 8.42 Å². The van der Waals surface area contributed by atoms with Crippen molar-refractivity contribution < 1.29 is 12.8 Å². The summed E-state index contributed by atoms with van der Waals surface area (Å²) in [6, 6.07) is 8.61. The van der Waals surface area contributed by atoms with Crippen molar-refractivity contribution >= 4 is 33.0 Å². The van der Waals surface area contributed by atoms with Crippen LogP contribution in [0.4, 0.5) is 4.39 Å². The number of rotatable bonds is 4. The summed E-state index contributed by atoms with van der Waals surface area (Å²) in [7, 11) is -3.81. The Bertz CT molecular complexity index is 779. The van der Waals surface area contributed by atoms with Crippen LogP contribution in [0.25, 0.3) is 0 Å². The van der Waals surface area contributed by atoms with Crippen LogP contribution in [0.1, 0.15) is 11.1 Å². The zero-order chi connectivity index (χ0) is 15.6. The highest BCUT2D eigenvalue weighted by atomic mass is 35.5. The summed E-state index contributed by atoms with van der Waals surface area (Å²) in [4.78, 5) is -0.116. The van der Waals surface area contributed by atoms with Crippen molar-refractivity contribution in [2.75, 3.05) is 0 Å². The van der Waals surface area contributed by atoms with Gasteiger partial charge < -0.3 is 5.73 Å². The zero-order valence-electron chi connectivity index (χ0n) is 10.8. The van der Waals surface area contributed by atoms with E-state index in [9.17, 15) is 12.8 Å². The molecule has 7 heteroatoms. The lowest BCUT2D eigenvalue weighted by atomic mass is 10.1. The summed E-state index contributed by atoms with van der Waals surface area (Å²) in [5, 5.41) is 0.295. The van der Waals surface area contributed by atoms with Gasteiger partial charge in [-0.2, -0.15) is 0 Å². The maximum absolute atomic E-state index is 14.1. The highest BCUT2D eigenvalue weighted by Crippen LogP contribution is 2.28. The Morgan fingerprint density at radius 3 is 2.43 bits per heavy atom. The van der Waals surface area contributed by atoms with Gasteiger partial charge in [-0.05, 0) is 18.2 Å². The second-order valence-electron chi connectivity index (χ2n) is 4.43. The molecule has 0 aliphatic heterocycles. The van der Waals surface area contributed by atoms with E-state index in [-0.39, 0.29) is 32.6 Å². The molecule has 0 heterocycles. The van der Waals surface area contributed by atoms with E-state index in [2.05, 4.69) is 0 Å². The number of hydrogen-bond donors (Lipinski definition) is 1. The second kappa shape index (κ2) is 6.32. The minimum absolute atomic E-state index is 0.00234. The fraction of sp³-hybridized carbons (Fsp3) is 0.143. The van der Waals surface area contributed by atoms with E-state index in [0.717, 1.165) is 0 Å². The molecule has 0 aromatic heterocycles. The Morgan fingerprint density at radius 1 is 1.10 bits per heavy atom. The van der Waals surface area contributed by atoms with Crippen molar-refractivity contribution in [1.82, 2.24) is 0 Å². The molecule has 21 heavy (non-hydrogen) atoms. The van der Waals surface area contributed by atoms with E-state index < -0.39 is 21.4 Å². The van der Waals surface area contributed by atoms with Crippen LogP contribution in [0, 0.1) is 5.82 Å². The van der Waals surface area contributed by atoms with E-state index in [0.29, 0.717) is 0 Å². The molecule has 0 aliphatic rings. The molecule has 0 saturated carbocycles.